The van der Waals surface area contributed by atoms with Crippen LogP contribution in [0.1, 0.15) is 47.3 Å². The number of carbonyl (C=O) groups excluding carboxylic acids is 2. The molecule has 6 heteroatoms. The molecule has 0 unspecified atom stereocenters. The van der Waals surface area contributed by atoms with Gasteiger partial charge in [0.1, 0.15) is 11.3 Å². The lowest BCUT2D eigenvalue weighted by molar-refractivity contribution is -0.133. The molecule has 2 heterocycles. The molecule has 0 saturated carbocycles. The summed E-state index contributed by atoms with van der Waals surface area (Å²) in [6, 6.07) is 1.52. The highest BCUT2D eigenvalue weighted by molar-refractivity contribution is 6.18. The van der Waals surface area contributed by atoms with E-state index in [1.165, 1.54) is 6.07 Å². The van der Waals surface area contributed by atoms with Crippen LogP contribution in [0.2, 0.25) is 0 Å². The highest BCUT2D eigenvalue weighted by atomic mass is 16.6. The number of benzene rings is 1. The number of phenols is 1. The number of hydrogen-bond acceptors (Lipinski definition) is 6. The van der Waals surface area contributed by atoms with Crippen LogP contribution in [0.3, 0.4) is 0 Å². The second-order valence-electron chi connectivity index (χ2n) is 7.41. The lowest BCUT2D eigenvalue weighted by Gasteiger charge is -2.37. The number of ketones is 1. The van der Waals surface area contributed by atoms with Crippen LogP contribution in [0.5, 0.6) is 5.75 Å². The van der Waals surface area contributed by atoms with E-state index >= 15 is 0 Å². The van der Waals surface area contributed by atoms with Gasteiger partial charge in [-0.3, -0.25) is 4.79 Å². The number of esters is 1. The molecule has 0 radical (unpaired) electrons. The van der Waals surface area contributed by atoms with Crippen molar-refractivity contribution in [2.75, 3.05) is 13.2 Å². The lowest BCUT2D eigenvalue weighted by Crippen LogP contribution is -2.42. The van der Waals surface area contributed by atoms with Crippen LogP contribution in [0.4, 0.5) is 0 Å². The first-order valence-corrected chi connectivity index (χ1v) is 9.51. The molecule has 29 heavy (non-hydrogen) atoms. The minimum absolute atomic E-state index is 0.0380. The second-order valence-corrected chi connectivity index (χ2v) is 7.41. The third-order valence-corrected chi connectivity index (χ3v) is 5.59. The van der Waals surface area contributed by atoms with E-state index in [1.807, 2.05) is 43.4 Å². The average molecular weight is 394 g/mol. The van der Waals surface area contributed by atoms with Crippen molar-refractivity contribution < 1.29 is 29.3 Å². The molecule has 0 aromatic heterocycles. The first kappa shape index (κ1) is 19.4. The van der Waals surface area contributed by atoms with Gasteiger partial charge in [0.25, 0.3) is 0 Å². The molecule has 1 aromatic carbocycles. The molecule has 150 valence electrons. The fourth-order valence-electron chi connectivity index (χ4n) is 4.23. The maximum Gasteiger partial charge on any atom is 0.343 e. The number of phenolic OH excluding ortho intramolecular Hbond substituents is 1. The predicted octanol–water partition coefficient (Wildman–Crippen LogP) is 3.04. The Morgan fingerprint density at radius 3 is 2.66 bits per heavy atom. The molecule has 2 atom stereocenters. The Labute approximate surface area is 168 Å². The van der Waals surface area contributed by atoms with Crippen LogP contribution < -0.4 is 0 Å². The van der Waals surface area contributed by atoms with E-state index in [1.54, 1.807) is 6.92 Å². The minimum Gasteiger partial charge on any atom is -0.507 e. The fraction of sp³-hybridized carbons (Fsp3) is 0.304. The van der Waals surface area contributed by atoms with Crippen molar-refractivity contribution in [1.82, 2.24) is 0 Å². The van der Waals surface area contributed by atoms with Gasteiger partial charge < -0.3 is 19.7 Å². The molecule has 3 aliphatic rings. The van der Waals surface area contributed by atoms with Crippen molar-refractivity contribution in [2.24, 2.45) is 0 Å². The number of rotatable bonds is 4. The van der Waals surface area contributed by atoms with E-state index in [4.69, 9.17) is 9.47 Å². The van der Waals surface area contributed by atoms with Crippen LogP contribution in [-0.4, -0.2) is 41.3 Å². The first-order chi connectivity index (χ1) is 13.9. The Kier molecular flexibility index (Phi) is 4.76. The quantitative estimate of drug-likeness (QED) is 0.602. The number of hydrogen-bond donors (Lipinski definition) is 2. The summed E-state index contributed by atoms with van der Waals surface area (Å²) in [5.74, 6) is -1.26. The van der Waals surface area contributed by atoms with Gasteiger partial charge in [0.15, 0.2) is 5.60 Å². The van der Waals surface area contributed by atoms with Gasteiger partial charge in [-0.1, -0.05) is 36.5 Å². The Bertz CT molecular complexity index is 1030. The number of aliphatic hydroxyl groups excluding tert-OH is 1. The molecule has 0 spiro atoms. The summed E-state index contributed by atoms with van der Waals surface area (Å²) in [6.07, 6.45) is 11.1. The van der Waals surface area contributed by atoms with Gasteiger partial charge in [0.05, 0.1) is 19.3 Å². The molecule has 1 aromatic rings. The standard InChI is InChI=1S/C23H22O6/c1-3-4-5-6-7-8-13-9-17(25)19-20-18(13)15-10-14(11-24)28-12-16(15)21(26)23(20,2)29-22(19)27/h3-9,14,24-25H,10-12H2,1-2H3/t14-,23-/m0/s1. The van der Waals surface area contributed by atoms with E-state index in [0.29, 0.717) is 28.7 Å². The number of carbonyl (C=O) groups is 2. The second kappa shape index (κ2) is 7.13. The smallest absolute Gasteiger partial charge is 0.343 e. The van der Waals surface area contributed by atoms with Gasteiger partial charge in [-0.15, -0.1) is 0 Å². The Morgan fingerprint density at radius 2 is 1.93 bits per heavy atom. The number of aliphatic hydroxyl groups is 1. The van der Waals surface area contributed by atoms with Crippen molar-refractivity contribution in [3.63, 3.8) is 0 Å². The van der Waals surface area contributed by atoms with Crippen LogP contribution >= 0.6 is 0 Å². The normalized spacial score (nSPS) is 26.0. The molecular weight excluding hydrogens is 372 g/mol. The summed E-state index contributed by atoms with van der Waals surface area (Å²) in [6.45, 7) is 3.35. The topological polar surface area (TPSA) is 93.1 Å². The molecule has 4 rings (SSSR count). The largest absolute Gasteiger partial charge is 0.507 e. The van der Waals surface area contributed by atoms with Gasteiger partial charge in [0.2, 0.25) is 5.78 Å². The van der Waals surface area contributed by atoms with Crippen LogP contribution in [-0.2, 0) is 19.9 Å². The summed E-state index contributed by atoms with van der Waals surface area (Å²) >= 11 is 0. The van der Waals surface area contributed by atoms with Crippen molar-refractivity contribution in [2.45, 2.75) is 32.0 Å². The maximum absolute atomic E-state index is 13.2. The fourth-order valence-corrected chi connectivity index (χ4v) is 4.23. The van der Waals surface area contributed by atoms with E-state index in [-0.39, 0.29) is 30.3 Å². The Balaban J connectivity index is 1.96. The van der Waals surface area contributed by atoms with Crippen LogP contribution in [0.15, 0.2) is 42.0 Å². The van der Waals surface area contributed by atoms with Crippen molar-refractivity contribution in [1.29, 1.82) is 0 Å². The number of ether oxygens (including phenoxy) is 2. The van der Waals surface area contributed by atoms with Crippen LogP contribution in [0.25, 0.3) is 11.6 Å². The summed E-state index contributed by atoms with van der Waals surface area (Å²) < 4.78 is 11.1. The summed E-state index contributed by atoms with van der Waals surface area (Å²) in [7, 11) is 0. The van der Waals surface area contributed by atoms with Gasteiger partial charge in [0, 0.05) is 17.6 Å². The number of aromatic hydroxyl groups is 1. The maximum atomic E-state index is 13.2. The van der Waals surface area contributed by atoms with Gasteiger partial charge in [-0.25, -0.2) is 4.79 Å². The highest BCUT2D eigenvalue weighted by Crippen LogP contribution is 2.53. The summed E-state index contributed by atoms with van der Waals surface area (Å²) in [5.41, 5.74) is 1.53. The van der Waals surface area contributed by atoms with E-state index < -0.39 is 17.7 Å². The molecule has 2 N–H and O–H groups in total. The van der Waals surface area contributed by atoms with Crippen molar-refractivity contribution in [3.8, 4) is 5.75 Å². The predicted molar refractivity (Wildman–Crippen MR) is 107 cm³/mol. The SMILES string of the molecule is CC=CC=CC=Cc1cc(O)c2c3c1C1=C(CO[C@H](CO)C1)C(=O)[C@@]3(C)OC2=O. The van der Waals surface area contributed by atoms with E-state index in [9.17, 15) is 19.8 Å². The summed E-state index contributed by atoms with van der Waals surface area (Å²) in [4.78, 5) is 25.7. The monoisotopic (exact) mass is 394 g/mol. The van der Waals surface area contributed by atoms with Gasteiger partial charge in [-0.05, 0) is 36.6 Å². The van der Waals surface area contributed by atoms with E-state index in [2.05, 4.69) is 0 Å². The zero-order valence-corrected chi connectivity index (χ0v) is 16.3. The number of allylic oxidation sites excluding steroid dienone is 5. The van der Waals surface area contributed by atoms with Gasteiger partial charge >= 0.3 is 5.97 Å². The molecule has 6 nitrogen and oxygen atoms in total. The third kappa shape index (κ3) is 2.87. The summed E-state index contributed by atoms with van der Waals surface area (Å²) in [5, 5.41) is 20.1. The van der Waals surface area contributed by atoms with Gasteiger partial charge in [-0.2, -0.15) is 0 Å². The molecule has 0 fully saturated rings. The average Bonchev–Trinajstić information content (AvgIpc) is 2.99. The molecule has 0 saturated heterocycles. The number of fused-ring (bicyclic) bond motifs is 1. The molecule has 2 aliphatic heterocycles. The highest BCUT2D eigenvalue weighted by Gasteiger charge is 2.55. The van der Waals surface area contributed by atoms with Crippen LogP contribution in [0, 0.1) is 0 Å². The lowest BCUT2D eigenvalue weighted by atomic mass is 9.71. The third-order valence-electron chi connectivity index (χ3n) is 5.59. The minimum atomic E-state index is -1.49. The molecule has 1 aliphatic carbocycles. The molecule has 0 amide bonds. The van der Waals surface area contributed by atoms with Crippen molar-refractivity contribution >= 4 is 23.4 Å². The molecular formula is C23H22O6. The zero-order chi connectivity index (χ0) is 20.8. The zero-order valence-electron chi connectivity index (χ0n) is 16.3. The van der Waals surface area contributed by atoms with Crippen molar-refractivity contribution in [3.05, 3.63) is 64.3 Å². The Hall–Kier alpha value is -2.96. The Morgan fingerprint density at radius 1 is 1.17 bits per heavy atom. The number of Topliss-reactive ketones (excluding diaryl/α,β-unsaturated/α-hetero) is 1. The molecule has 0 bridgehead atoms. The van der Waals surface area contributed by atoms with E-state index in [0.717, 1.165) is 5.57 Å². The first-order valence-electron chi connectivity index (χ1n) is 9.51.